The molecule has 0 unspecified atom stereocenters. The van der Waals surface area contributed by atoms with E-state index in [4.69, 9.17) is 5.73 Å². The van der Waals surface area contributed by atoms with Crippen LogP contribution in [0.25, 0.3) is 0 Å². The van der Waals surface area contributed by atoms with Gasteiger partial charge in [0.15, 0.2) is 0 Å². The molecular weight excluding hydrogens is 232 g/mol. The first-order chi connectivity index (χ1) is 8.50. The summed E-state index contributed by atoms with van der Waals surface area (Å²) in [5.74, 6) is 0.176. The van der Waals surface area contributed by atoms with Gasteiger partial charge in [0.05, 0.1) is 0 Å². The average Bonchev–Trinajstić information content (AvgIpc) is 2.34. The maximum absolute atomic E-state index is 11.8. The van der Waals surface area contributed by atoms with E-state index in [1.54, 1.807) is 14.1 Å². The molecule has 1 saturated carbocycles. The normalized spacial score (nSPS) is 23.3. The van der Waals surface area contributed by atoms with Gasteiger partial charge in [-0.15, -0.1) is 0 Å². The molecule has 6 nitrogen and oxygen atoms in total. The van der Waals surface area contributed by atoms with Crippen LogP contribution in [0.3, 0.4) is 0 Å². The van der Waals surface area contributed by atoms with E-state index in [1.807, 2.05) is 0 Å². The van der Waals surface area contributed by atoms with Gasteiger partial charge >= 0.3 is 6.03 Å². The van der Waals surface area contributed by atoms with E-state index in [2.05, 4.69) is 10.6 Å². The van der Waals surface area contributed by atoms with Crippen molar-refractivity contribution >= 4 is 11.9 Å². The predicted octanol–water partition coefficient (Wildman–Crippen LogP) is -0.109. The second-order valence-corrected chi connectivity index (χ2v) is 5.03. The largest absolute Gasteiger partial charge is 0.354 e. The van der Waals surface area contributed by atoms with Crippen LogP contribution in [0.15, 0.2) is 0 Å². The molecule has 0 atom stereocenters. The van der Waals surface area contributed by atoms with Crippen LogP contribution < -0.4 is 16.4 Å². The number of nitrogens with one attached hydrogen (secondary N) is 2. The van der Waals surface area contributed by atoms with Crippen molar-refractivity contribution in [1.29, 1.82) is 0 Å². The molecule has 4 N–H and O–H groups in total. The zero-order chi connectivity index (χ0) is 13.5. The highest BCUT2D eigenvalue weighted by atomic mass is 16.2. The third kappa shape index (κ3) is 4.91. The molecule has 1 fully saturated rings. The summed E-state index contributed by atoms with van der Waals surface area (Å²) in [6, 6.07) is 0.112. The minimum atomic E-state index is -0.145. The molecule has 3 amide bonds. The van der Waals surface area contributed by atoms with Gasteiger partial charge in [-0.25, -0.2) is 4.79 Å². The number of hydrogen-bond donors (Lipinski definition) is 3. The summed E-state index contributed by atoms with van der Waals surface area (Å²) in [4.78, 5) is 24.5. The summed E-state index contributed by atoms with van der Waals surface area (Å²) in [5.41, 5.74) is 5.80. The second-order valence-electron chi connectivity index (χ2n) is 5.03. The molecule has 0 aromatic rings. The molecule has 0 aromatic carbocycles. The zero-order valence-corrected chi connectivity index (χ0v) is 11.2. The SMILES string of the molecule is CN(C)C(=O)NCCNC(=O)C1CCC(N)CC1. The van der Waals surface area contributed by atoms with Crippen LogP contribution in [-0.4, -0.2) is 50.1 Å². The van der Waals surface area contributed by atoms with E-state index >= 15 is 0 Å². The average molecular weight is 256 g/mol. The molecule has 1 aliphatic carbocycles. The lowest BCUT2D eigenvalue weighted by molar-refractivity contribution is -0.125. The van der Waals surface area contributed by atoms with E-state index < -0.39 is 0 Å². The maximum atomic E-state index is 11.8. The van der Waals surface area contributed by atoms with Crippen molar-refractivity contribution in [3.8, 4) is 0 Å². The van der Waals surface area contributed by atoms with E-state index in [0.29, 0.717) is 13.1 Å². The third-order valence-electron chi connectivity index (χ3n) is 3.25. The number of nitrogens with two attached hydrogens (primary N) is 1. The topological polar surface area (TPSA) is 87.5 Å². The number of carbonyl (C=O) groups excluding carboxylic acids is 2. The molecule has 0 spiro atoms. The quantitative estimate of drug-likeness (QED) is 0.613. The van der Waals surface area contributed by atoms with Crippen molar-refractivity contribution in [2.45, 2.75) is 31.7 Å². The van der Waals surface area contributed by atoms with E-state index in [0.717, 1.165) is 25.7 Å². The standard InChI is InChI=1S/C12H24N4O2/c1-16(2)12(18)15-8-7-14-11(17)9-3-5-10(13)6-4-9/h9-10H,3-8,13H2,1-2H3,(H,14,17)(H,15,18). The van der Waals surface area contributed by atoms with E-state index in [9.17, 15) is 9.59 Å². The number of rotatable bonds is 4. The van der Waals surface area contributed by atoms with Crippen LogP contribution in [0.1, 0.15) is 25.7 Å². The summed E-state index contributed by atoms with van der Waals surface area (Å²) in [6.07, 6.45) is 3.60. The highest BCUT2D eigenvalue weighted by Crippen LogP contribution is 2.22. The Morgan fingerprint density at radius 1 is 1.11 bits per heavy atom. The van der Waals surface area contributed by atoms with Crippen LogP contribution in [0.4, 0.5) is 4.79 Å². The van der Waals surface area contributed by atoms with Gasteiger partial charge in [0.25, 0.3) is 0 Å². The number of carbonyl (C=O) groups is 2. The Bertz CT molecular complexity index is 286. The lowest BCUT2D eigenvalue weighted by atomic mass is 9.86. The minimum absolute atomic E-state index is 0.0843. The van der Waals surface area contributed by atoms with Crippen molar-refractivity contribution in [2.24, 2.45) is 11.7 Å². The van der Waals surface area contributed by atoms with Gasteiger partial charge in [-0.05, 0) is 25.7 Å². The first-order valence-electron chi connectivity index (χ1n) is 6.49. The van der Waals surface area contributed by atoms with Crippen molar-refractivity contribution < 1.29 is 9.59 Å². The Balaban J connectivity index is 2.12. The van der Waals surface area contributed by atoms with Crippen molar-refractivity contribution in [1.82, 2.24) is 15.5 Å². The summed E-state index contributed by atoms with van der Waals surface area (Å²) < 4.78 is 0. The van der Waals surface area contributed by atoms with Gasteiger partial charge < -0.3 is 21.3 Å². The fourth-order valence-corrected chi connectivity index (χ4v) is 2.04. The van der Waals surface area contributed by atoms with Crippen LogP contribution in [0, 0.1) is 5.92 Å². The zero-order valence-electron chi connectivity index (χ0n) is 11.2. The van der Waals surface area contributed by atoms with Gasteiger partial charge in [0.2, 0.25) is 5.91 Å². The fourth-order valence-electron chi connectivity index (χ4n) is 2.04. The molecule has 0 saturated heterocycles. The van der Waals surface area contributed by atoms with Crippen molar-refractivity contribution in [3.05, 3.63) is 0 Å². The summed E-state index contributed by atoms with van der Waals surface area (Å²) in [5, 5.41) is 5.55. The maximum Gasteiger partial charge on any atom is 0.316 e. The lowest BCUT2D eigenvalue weighted by Gasteiger charge is -2.25. The lowest BCUT2D eigenvalue weighted by Crippen LogP contribution is -2.42. The highest BCUT2D eigenvalue weighted by Gasteiger charge is 2.23. The molecule has 0 aliphatic heterocycles. The van der Waals surface area contributed by atoms with Gasteiger partial charge in [0, 0.05) is 39.1 Å². The van der Waals surface area contributed by atoms with Crippen LogP contribution in [0.2, 0.25) is 0 Å². The summed E-state index contributed by atoms with van der Waals surface area (Å²) in [6.45, 7) is 0.927. The second kappa shape index (κ2) is 7.20. The number of urea groups is 1. The van der Waals surface area contributed by atoms with Crippen molar-refractivity contribution in [2.75, 3.05) is 27.2 Å². The molecular formula is C12H24N4O2. The van der Waals surface area contributed by atoms with Crippen molar-refractivity contribution in [3.63, 3.8) is 0 Å². The van der Waals surface area contributed by atoms with Crippen LogP contribution in [-0.2, 0) is 4.79 Å². The molecule has 104 valence electrons. The first kappa shape index (κ1) is 14.8. The molecule has 0 heterocycles. The Hall–Kier alpha value is -1.30. The fraction of sp³-hybridized carbons (Fsp3) is 0.833. The smallest absolute Gasteiger partial charge is 0.316 e. The molecule has 0 aromatic heterocycles. The molecule has 0 radical (unpaired) electrons. The van der Waals surface area contributed by atoms with Gasteiger partial charge in [-0.3, -0.25) is 4.79 Å². The molecule has 6 heteroatoms. The van der Waals surface area contributed by atoms with Gasteiger partial charge in [0.1, 0.15) is 0 Å². The van der Waals surface area contributed by atoms with E-state index in [1.165, 1.54) is 4.90 Å². The Labute approximate surface area is 108 Å². The summed E-state index contributed by atoms with van der Waals surface area (Å²) >= 11 is 0. The Kier molecular flexibility index (Phi) is 5.91. The number of hydrogen-bond acceptors (Lipinski definition) is 3. The van der Waals surface area contributed by atoms with Crippen LogP contribution in [0.5, 0.6) is 0 Å². The van der Waals surface area contributed by atoms with Gasteiger partial charge in [-0.1, -0.05) is 0 Å². The Morgan fingerprint density at radius 3 is 2.22 bits per heavy atom. The van der Waals surface area contributed by atoms with E-state index in [-0.39, 0.29) is 23.9 Å². The summed E-state index contributed by atoms with van der Waals surface area (Å²) in [7, 11) is 3.36. The third-order valence-corrected chi connectivity index (χ3v) is 3.25. The number of amides is 3. The highest BCUT2D eigenvalue weighted by molar-refractivity contribution is 5.78. The Morgan fingerprint density at radius 2 is 1.67 bits per heavy atom. The monoisotopic (exact) mass is 256 g/mol. The molecule has 1 aliphatic rings. The molecule has 18 heavy (non-hydrogen) atoms. The number of nitrogens with zero attached hydrogens (tertiary/aromatic N) is 1. The predicted molar refractivity (Wildman–Crippen MR) is 70.0 cm³/mol. The van der Waals surface area contributed by atoms with Crippen LogP contribution >= 0.6 is 0 Å². The minimum Gasteiger partial charge on any atom is -0.354 e. The molecule has 0 bridgehead atoms. The van der Waals surface area contributed by atoms with Gasteiger partial charge in [-0.2, -0.15) is 0 Å². The first-order valence-corrected chi connectivity index (χ1v) is 6.49. The molecule has 1 rings (SSSR count).